The third-order valence-corrected chi connectivity index (χ3v) is 3.16. The van der Waals surface area contributed by atoms with Crippen molar-refractivity contribution >= 4 is 11.6 Å². The maximum Gasteiger partial charge on any atom is 0.251 e. The Kier molecular flexibility index (Phi) is 4.04. The van der Waals surface area contributed by atoms with Crippen molar-refractivity contribution in [3.8, 4) is 5.75 Å². The molecule has 0 aromatic heterocycles. The number of likely N-dealkylation sites (tertiary alicyclic amines) is 1. The molecule has 0 spiro atoms. The van der Waals surface area contributed by atoms with Crippen LogP contribution in [-0.4, -0.2) is 44.1 Å². The SMILES string of the molecule is COc1cc(C(=O)NCCN2CCC2)ccc1N. The van der Waals surface area contributed by atoms with Crippen molar-refractivity contribution in [1.29, 1.82) is 0 Å². The summed E-state index contributed by atoms with van der Waals surface area (Å²) in [5, 5.41) is 2.89. The zero-order valence-corrected chi connectivity index (χ0v) is 10.6. The second-order valence-electron chi connectivity index (χ2n) is 4.41. The van der Waals surface area contributed by atoms with Gasteiger partial charge in [0, 0.05) is 18.7 Å². The first-order chi connectivity index (χ1) is 8.70. The average molecular weight is 249 g/mol. The van der Waals surface area contributed by atoms with Gasteiger partial charge < -0.3 is 20.7 Å². The summed E-state index contributed by atoms with van der Waals surface area (Å²) >= 11 is 0. The molecule has 2 rings (SSSR count). The number of hydrogen-bond acceptors (Lipinski definition) is 4. The van der Waals surface area contributed by atoms with Gasteiger partial charge >= 0.3 is 0 Å². The van der Waals surface area contributed by atoms with Crippen LogP contribution in [0.2, 0.25) is 0 Å². The normalized spacial score (nSPS) is 14.9. The van der Waals surface area contributed by atoms with Gasteiger partial charge in [-0.3, -0.25) is 4.79 Å². The Morgan fingerprint density at radius 3 is 2.89 bits per heavy atom. The fourth-order valence-corrected chi connectivity index (χ4v) is 1.89. The molecule has 1 aliphatic heterocycles. The first-order valence-corrected chi connectivity index (χ1v) is 6.15. The second kappa shape index (κ2) is 5.73. The van der Waals surface area contributed by atoms with Crippen molar-refractivity contribution in [2.75, 3.05) is 39.0 Å². The van der Waals surface area contributed by atoms with Gasteiger partial charge in [-0.05, 0) is 37.7 Å². The van der Waals surface area contributed by atoms with Crippen molar-refractivity contribution in [3.05, 3.63) is 23.8 Å². The van der Waals surface area contributed by atoms with Crippen LogP contribution in [0.3, 0.4) is 0 Å². The van der Waals surface area contributed by atoms with E-state index in [4.69, 9.17) is 10.5 Å². The number of carbonyl (C=O) groups excluding carboxylic acids is 1. The standard InChI is InChI=1S/C13H19N3O2/c1-18-12-9-10(3-4-11(12)14)13(17)15-5-8-16-6-2-7-16/h3-4,9H,2,5-8,14H2,1H3,(H,15,17). The highest BCUT2D eigenvalue weighted by atomic mass is 16.5. The molecular weight excluding hydrogens is 230 g/mol. The van der Waals surface area contributed by atoms with Crippen molar-refractivity contribution in [2.24, 2.45) is 0 Å². The van der Waals surface area contributed by atoms with E-state index < -0.39 is 0 Å². The molecule has 1 fully saturated rings. The van der Waals surface area contributed by atoms with Gasteiger partial charge in [0.1, 0.15) is 5.75 Å². The number of anilines is 1. The van der Waals surface area contributed by atoms with Crippen molar-refractivity contribution in [3.63, 3.8) is 0 Å². The van der Waals surface area contributed by atoms with E-state index in [-0.39, 0.29) is 5.91 Å². The maximum atomic E-state index is 11.9. The number of rotatable bonds is 5. The molecule has 0 atom stereocenters. The Balaban J connectivity index is 1.87. The fraction of sp³-hybridized carbons (Fsp3) is 0.462. The van der Waals surface area contributed by atoms with Gasteiger partial charge in [-0.1, -0.05) is 0 Å². The molecule has 1 aromatic rings. The molecule has 5 heteroatoms. The molecule has 0 radical (unpaired) electrons. The Hall–Kier alpha value is -1.75. The highest BCUT2D eigenvalue weighted by molar-refractivity contribution is 5.95. The number of benzene rings is 1. The lowest BCUT2D eigenvalue weighted by Crippen LogP contribution is -2.42. The minimum atomic E-state index is -0.0891. The average Bonchev–Trinajstić information content (AvgIpc) is 2.32. The summed E-state index contributed by atoms with van der Waals surface area (Å²) in [7, 11) is 1.54. The van der Waals surface area contributed by atoms with Gasteiger partial charge in [-0.25, -0.2) is 0 Å². The molecule has 1 aliphatic rings. The molecule has 1 heterocycles. The number of hydrogen-bond donors (Lipinski definition) is 2. The molecule has 1 amide bonds. The summed E-state index contributed by atoms with van der Waals surface area (Å²) in [6.45, 7) is 3.88. The van der Waals surface area contributed by atoms with Crippen molar-refractivity contribution in [2.45, 2.75) is 6.42 Å². The first kappa shape index (κ1) is 12.7. The van der Waals surface area contributed by atoms with Crippen LogP contribution in [0.25, 0.3) is 0 Å². The number of nitrogens with two attached hydrogens (primary N) is 1. The zero-order chi connectivity index (χ0) is 13.0. The van der Waals surface area contributed by atoms with E-state index in [1.165, 1.54) is 13.5 Å². The van der Waals surface area contributed by atoms with Gasteiger partial charge in [0.15, 0.2) is 0 Å². The number of methoxy groups -OCH3 is 1. The highest BCUT2D eigenvalue weighted by Gasteiger charge is 2.13. The van der Waals surface area contributed by atoms with Gasteiger partial charge in [0.25, 0.3) is 5.91 Å². The lowest BCUT2D eigenvalue weighted by molar-refractivity contribution is 0.0941. The van der Waals surface area contributed by atoms with E-state index >= 15 is 0 Å². The molecule has 3 N–H and O–H groups in total. The molecule has 0 aliphatic carbocycles. The van der Waals surface area contributed by atoms with E-state index in [1.807, 2.05) is 0 Å². The summed E-state index contributed by atoms with van der Waals surface area (Å²) in [6, 6.07) is 5.05. The second-order valence-corrected chi connectivity index (χ2v) is 4.41. The Morgan fingerprint density at radius 1 is 1.50 bits per heavy atom. The van der Waals surface area contributed by atoms with Crippen molar-refractivity contribution < 1.29 is 9.53 Å². The summed E-state index contributed by atoms with van der Waals surface area (Å²) in [4.78, 5) is 14.2. The lowest BCUT2D eigenvalue weighted by atomic mass is 10.1. The Labute approximate surface area is 107 Å². The Morgan fingerprint density at radius 2 is 2.28 bits per heavy atom. The third kappa shape index (κ3) is 2.92. The third-order valence-electron chi connectivity index (χ3n) is 3.16. The molecule has 0 bridgehead atoms. The van der Waals surface area contributed by atoms with Crippen LogP contribution in [0, 0.1) is 0 Å². The van der Waals surface area contributed by atoms with Crippen LogP contribution >= 0.6 is 0 Å². The molecule has 0 saturated carbocycles. The van der Waals surface area contributed by atoms with E-state index in [0.29, 0.717) is 23.5 Å². The van der Waals surface area contributed by atoms with E-state index in [2.05, 4.69) is 10.2 Å². The summed E-state index contributed by atoms with van der Waals surface area (Å²) in [5.74, 6) is 0.444. The number of amides is 1. The van der Waals surface area contributed by atoms with Gasteiger partial charge in [-0.2, -0.15) is 0 Å². The van der Waals surface area contributed by atoms with Gasteiger partial charge in [0.05, 0.1) is 12.8 Å². The van der Waals surface area contributed by atoms with Crippen LogP contribution in [-0.2, 0) is 0 Å². The summed E-state index contributed by atoms with van der Waals surface area (Å²) < 4.78 is 5.09. The molecular formula is C13H19N3O2. The maximum absolute atomic E-state index is 11.9. The molecule has 18 heavy (non-hydrogen) atoms. The predicted octanol–water partition coefficient (Wildman–Crippen LogP) is 0.713. The van der Waals surface area contributed by atoms with Crippen LogP contribution < -0.4 is 15.8 Å². The minimum absolute atomic E-state index is 0.0891. The van der Waals surface area contributed by atoms with Crippen LogP contribution in [0.1, 0.15) is 16.8 Å². The number of nitrogen functional groups attached to an aromatic ring is 1. The summed E-state index contributed by atoms with van der Waals surface area (Å²) in [5.41, 5.74) is 6.81. The van der Waals surface area contributed by atoms with Crippen molar-refractivity contribution in [1.82, 2.24) is 10.2 Å². The fourth-order valence-electron chi connectivity index (χ4n) is 1.89. The molecule has 5 nitrogen and oxygen atoms in total. The van der Waals surface area contributed by atoms with Crippen LogP contribution in [0.4, 0.5) is 5.69 Å². The zero-order valence-electron chi connectivity index (χ0n) is 10.6. The summed E-state index contributed by atoms with van der Waals surface area (Å²) in [6.07, 6.45) is 1.27. The number of carbonyl (C=O) groups is 1. The van der Waals surface area contributed by atoms with E-state index in [9.17, 15) is 4.79 Å². The lowest BCUT2D eigenvalue weighted by Gasteiger charge is -2.30. The largest absolute Gasteiger partial charge is 0.495 e. The topological polar surface area (TPSA) is 67.6 Å². The molecule has 98 valence electrons. The van der Waals surface area contributed by atoms with Gasteiger partial charge in [0.2, 0.25) is 0 Å². The molecule has 1 saturated heterocycles. The van der Waals surface area contributed by atoms with Crippen LogP contribution in [0.15, 0.2) is 18.2 Å². The van der Waals surface area contributed by atoms with Crippen LogP contribution in [0.5, 0.6) is 5.75 Å². The smallest absolute Gasteiger partial charge is 0.251 e. The van der Waals surface area contributed by atoms with E-state index in [1.54, 1.807) is 18.2 Å². The molecule has 0 unspecified atom stereocenters. The first-order valence-electron chi connectivity index (χ1n) is 6.15. The molecule has 1 aromatic carbocycles. The number of nitrogens with one attached hydrogen (secondary N) is 1. The predicted molar refractivity (Wildman–Crippen MR) is 70.8 cm³/mol. The minimum Gasteiger partial charge on any atom is -0.495 e. The number of nitrogens with zero attached hydrogens (tertiary/aromatic N) is 1. The van der Waals surface area contributed by atoms with Gasteiger partial charge in [-0.15, -0.1) is 0 Å². The quantitative estimate of drug-likeness (QED) is 0.754. The van der Waals surface area contributed by atoms with E-state index in [0.717, 1.165) is 19.6 Å². The monoisotopic (exact) mass is 249 g/mol. The Bertz CT molecular complexity index is 430. The highest BCUT2D eigenvalue weighted by Crippen LogP contribution is 2.21. The number of ether oxygens (including phenoxy) is 1.